The first-order chi connectivity index (χ1) is 3.56. The normalized spacial score (nSPS) is 13.2. The number of phosphoric ester groups is 1. The van der Waals surface area contributed by atoms with Gasteiger partial charge in [0.15, 0.2) is 0 Å². The lowest BCUT2D eigenvalue weighted by Crippen LogP contribution is -1.82. The van der Waals surface area contributed by atoms with E-state index >= 15 is 0 Å². The molecule has 0 aliphatic heterocycles. The molecule has 0 spiro atoms. The van der Waals surface area contributed by atoms with Crippen LogP contribution in [-0.2, 0) is 13.7 Å². The molecular weight excluding hydrogens is 154 g/mol. The van der Waals surface area contributed by atoms with Crippen LogP contribution in [0, 0.1) is 0 Å². The van der Waals surface area contributed by atoms with Crippen molar-refractivity contribution in [3.05, 3.63) is 0 Å². The fourth-order valence-corrected chi connectivity index (χ4v) is 1.15. The minimum atomic E-state index is -4.36. The van der Waals surface area contributed by atoms with E-state index in [0.29, 0.717) is 0 Å². The molecule has 0 aliphatic carbocycles. The average Bonchev–Trinajstić information content (AvgIpc) is 1.59. The summed E-state index contributed by atoms with van der Waals surface area (Å²) in [5.74, 6) is 0. The van der Waals surface area contributed by atoms with E-state index in [4.69, 9.17) is 9.79 Å². The molecule has 8 heavy (non-hydrogen) atoms. The highest BCUT2D eigenvalue weighted by Gasteiger charge is 2.11. The van der Waals surface area contributed by atoms with Gasteiger partial charge in [0.2, 0.25) is 0 Å². The lowest BCUT2D eigenvalue weighted by atomic mass is 11.7. The van der Waals surface area contributed by atoms with Crippen LogP contribution in [0.5, 0.6) is 0 Å². The Hall–Kier alpha value is 0.340. The van der Waals surface area contributed by atoms with Gasteiger partial charge in [0.1, 0.15) is 6.35 Å². The number of hydrogen-bond acceptors (Lipinski definition) is 3. The Morgan fingerprint density at radius 1 is 1.62 bits per heavy atom. The molecule has 1 atom stereocenters. The second-order valence-corrected chi connectivity index (χ2v) is 2.86. The van der Waals surface area contributed by atoms with Crippen LogP contribution in [0.15, 0.2) is 0 Å². The molecule has 2 N–H and O–H groups in total. The van der Waals surface area contributed by atoms with Crippen LogP contribution in [0.3, 0.4) is 0 Å². The van der Waals surface area contributed by atoms with Crippen molar-refractivity contribution in [2.24, 2.45) is 0 Å². The summed E-state index contributed by atoms with van der Waals surface area (Å²) in [6, 6.07) is 0. The van der Waals surface area contributed by atoms with Gasteiger partial charge in [-0.15, -0.1) is 0 Å². The Bertz CT molecular complexity index is 114. The largest absolute Gasteiger partial charge is 0.470 e. The van der Waals surface area contributed by atoms with E-state index in [1.54, 1.807) is 0 Å². The topological polar surface area (TPSA) is 83.8 Å². The van der Waals surface area contributed by atoms with Gasteiger partial charge in [0.05, 0.1) is 8.46 Å². The van der Waals surface area contributed by atoms with E-state index < -0.39 is 16.3 Å². The molecule has 0 aromatic rings. The fraction of sp³-hybridized carbons (Fsp3) is 1.00. The van der Waals surface area contributed by atoms with Gasteiger partial charge in [-0.2, -0.15) is 0 Å². The Balaban J connectivity index is 3.40. The summed E-state index contributed by atoms with van der Waals surface area (Å²) in [7, 11) is -5.59. The third-order valence-corrected chi connectivity index (χ3v) is 1.38. The molecule has 0 bridgehead atoms. The molecule has 50 valence electrons. The Kier molecular flexibility index (Phi) is 3.53. The molecule has 7 heteroatoms. The maximum absolute atomic E-state index is 9.74. The van der Waals surface area contributed by atoms with Crippen molar-refractivity contribution in [1.82, 2.24) is 0 Å². The van der Waals surface area contributed by atoms with Gasteiger partial charge >= 0.3 is 7.82 Å². The standard InChI is InChI=1S/CH6O5P2/c2-7-1-6-8(3,4)5/h1,7H2,(H2,3,4,5). The van der Waals surface area contributed by atoms with E-state index in [9.17, 15) is 9.13 Å². The van der Waals surface area contributed by atoms with Crippen molar-refractivity contribution in [2.45, 2.75) is 0 Å². The fourth-order valence-electron chi connectivity index (χ4n) is 0.128. The lowest BCUT2D eigenvalue weighted by molar-refractivity contribution is 0.225. The van der Waals surface area contributed by atoms with Crippen molar-refractivity contribution in [3.8, 4) is 0 Å². The first-order valence-electron chi connectivity index (χ1n) is 1.70. The third kappa shape index (κ3) is 6.34. The smallest absolute Gasteiger partial charge is 0.328 e. The number of hydrogen-bond donors (Lipinski definition) is 2. The van der Waals surface area contributed by atoms with Crippen LogP contribution in [0.25, 0.3) is 0 Å². The second kappa shape index (κ2) is 3.38. The zero-order valence-electron chi connectivity index (χ0n) is 3.85. The highest BCUT2D eigenvalue weighted by Crippen LogP contribution is 2.36. The minimum Gasteiger partial charge on any atom is -0.328 e. The predicted molar refractivity (Wildman–Crippen MR) is 28.4 cm³/mol. The molecule has 5 nitrogen and oxygen atoms in total. The maximum atomic E-state index is 9.74. The van der Waals surface area contributed by atoms with Gasteiger partial charge in [-0.05, 0) is 0 Å². The van der Waals surface area contributed by atoms with Crippen LogP contribution < -0.4 is 0 Å². The van der Waals surface area contributed by atoms with Crippen molar-refractivity contribution >= 4 is 16.3 Å². The number of rotatable bonds is 3. The Morgan fingerprint density at radius 2 is 2.12 bits per heavy atom. The summed E-state index contributed by atoms with van der Waals surface area (Å²) in [4.78, 5) is 15.8. The quantitative estimate of drug-likeness (QED) is 0.559. The van der Waals surface area contributed by atoms with Gasteiger partial charge < -0.3 is 14.4 Å². The second-order valence-electron chi connectivity index (χ2n) is 0.953. The van der Waals surface area contributed by atoms with Crippen LogP contribution >= 0.6 is 16.3 Å². The molecule has 0 heterocycles. The molecule has 0 saturated heterocycles. The summed E-state index contributed by atoms with van der Waals surface area (Å²) in [6.07, 6.45) is -0.357. The summed E-state index contributed by atoms with van der Waals surface area (Å²) in [5, 5.41) is 0. The van der Waals surface area contributed by atoms with Crippen LogP contribution in [0.2, 0.25) is 0 Å². The first-order valence-corrected chi connectivity index (χ1v) is 4.52. The molecule has 0 radical (unpaired) electrons. The predicted octanol–water partition coefficient (Wildman–Crippen LogP) is -0.191. The highest BCUT2D eigenvalue weighted by atomic mass is 31.2. The maximum Gasteiger partial charge on any atom is 0.470 e. The molecule has 0 rings (SSSR count). The van der Waals surface area contributed by atoms with Gasteiger partial charge in [0.25, 0.3) is 0 Å². The summed E-state index contributed by atoms with van der Waals surface area (Å²) >= 11 is 0. The van der Waals surface area contributed by atoms with E-state index in [2.05, 4.69) is 4.52 Å². The van der Waals surface area contributed by atoms with Crippen molar-refractivity contribution in [1.29, 1.82) is 0 Å². The van der Waals surface area contributed by atoms with Crippen molar-refractivity contribution in [3.63, 3.8) is 0 Å². The summed E-state index contributed by atoms with van der Waals surface area (Å²) < 4.78 is 23.1. The average molecular weight is 160 g/mol. The van der Waals surface area contributed by atoms with E-state index in [-0.39, 0.29) is 6.35 Å². The van der Waals surface area contributed by atoms with Gasteiger partial charge in [-0.25, -0.2) is 4.57 Å². The number of phosphoric acid groups is 1. The van der Waals surface area contributed by atoms with Crippen LogP contribution in [0.1, 0.15) is 0 Å². The van der Waals surface area contributed by atoms with Gasteiger partial charge in [-0.3, -0.25) is 4.52 Å². The molecule has 0 aromatic heterocycles. The molecular formula is CH6O5P2. The van der Waals surface area contributed by atoms with E-state index in [1.165, 1.54) is 0 Å². The highest BCUT2D eigenvalue weighted by molar-refractivity contribution is 7.46. The third-order valence-electron chi connectivity index (χ3n) is 0.311. The van der Waals surface area contributed by atoms with Crippen LogP contribution in [0.4, 0.5) is 0 Å². The summed E-state index contributed by atoms with van der Waals surface area (Å²) in [5.41, 5.74) is 0. The summed E-state index contributed by atoms with van der Waals surface area (Å²) in [6.45, 7) is 0. The monoisotopic (exact) mass is 160 g/mol. The molecule has 0 aliphatic rings. The molecule has 0 aromatic carbocycles. The SMILES string of the molecule is O=[PH2]COP(=O)(O)O. The Labute approximate surface area is 47.1 Å². The molecule has 0 saturated carbocycles. The molecule has 1 unspecified atom stereocenters. The van der Waals surface area contributed by atoms with E-state index in [1.807, 2.05) is 0 Å². The first kappa shape index (κ1) is 8.34. The van der Waals surface area contributed by atoms with Crippen molar-refractivity contribution < 1.29 is 23.4 Å². The zero-order chi connectivity index (χ0) is 6.62. The van der Waals surface area contributed by atoms with Crippen molar-refractivity contribution in [2.75, 3.05) is 6.35 Å². The van der Waals surface area contributed by atoms with E-state index in [0.717, 1.165) is 0 Å². The van der Waals surface area contributed by atoms with Gasteiger partial charge in [-0.1, -0.05) is 0 Å². The molecule has 0 amide bonds. The minimum absolute atomic E-state index is 0.357. The lowest BCUT2D eigenvalue weighted by Gasteiger charge is -1.97. The zero-order valence-corrected chi connectivity index (χ0v) is 5.90. The van der Waals surface area contributed by atoms with Crippen LogP contribution in [-0.4, -0.2) is 16.1 Å². The molecule has 0 fully saturated rings. The Morgan fingerprint density at radius 3 is 2.25 bits per heavy atom. The van der Waals surface area contributed by atoms with Gasteiger partial charge in [0, 0.05) is 0 Å².